The molecule has 2 aliphatic rings. The molecule has 1 N–H and O–H groups in total. The van der Waals surface area contributed by atoms with Gasteiger partial charge < -0.3 is 14.6 Å². The number of fused-ring (bicyclic) bond motifs is 3. The minimum Gasteiger partial charge on any atom is -0.497 e. The number of ether oxygens (including phenoxy) is 1. The standard InChI is InChI=1S/C27H31N3O3/c1-4-18-8-7-11-21(14-18)30-25(31)24-15-19-12-13-22(33-3)16-23(19)29(24)17-27(30,2)26(32)28-20-9-5-6-10-20/h7-8,11-16,20H,4-6,9-10,17H2,1-3H3,(H,28,32). The van der Waals surface area contributed by atoms with Crippen molar-refractivity contribution < 1.29 is 14.3 Å². The number of aryl methyl sites for hydroxylation is 1. The van der Waals surface area contributed by atoms with Crippen LogP contribution in [0.4, 0.5) is 5.69 Å². The van der Waals surface area contributed by atoms with E-state index in [4.69, 9.17) is 4.74 Å². The van der Waals surface area contributed by atoms with Gasteiger partial charge in [0.05, 0.1) is 19.2 Å². The number of nitrogens with one attached hydrogen (secondary N) is 1. The van der Waals surface area contributed by atoms with Gasteiger partial charge in [-0.2, -0.15) is 0 Å². The van der Waals surface area contributed by atoms with Crippen LogP contribution in [0.5, 0.6) is 5.75 Å². The molecule has 1 unspecified atom stereocenters. The van der Waals surface area contributed by atoms with Crippen molar-refractivity contribution in [2.24, 2.45) is 0 Å². The molecule has 2 amide bonds. The average molecular weight is 446 g/mol. The Bertz CT molecular complexity index is 1220. The third kappa shape index (κ3) is 3.58. The normalized spacial score (nSPS) is 20.8. The number of amides is 2. The number of carbonyl (C=O) groups excluding carboxylic acids is 2. The Morgan fingerprint density at radius 3 is 2.67 bits per heavy atom. The quantitative estimate of drug-likeness (QED) is 0.620. The molecule has 1 aliphatic heterocycles. The van der Waals surface area contributed by atoms with Gasteiger partial charge in [-0.1, -0.05) is 31.9 Å². The van der Waals surface area contributed by atoms with Crippen LogP contribution in [0, 0.1) is 0 Å². The summed E-state index contributed by atoms with van der Waals surface area (Å²) in [6.45, 7) is 4.36. The van der Waals surface area contributed by atoms with E-state index in [-0.39, 0.29) is 17.9 Å². The van der Waals surface area contributed by atoms with Crippen molar-refractivity contribution in [2.45, 2.75) is 64.1 Å². The van der Waals surface area contributed by atoms with Crippen molar-refractivity contribution in [1.82, 2.24) is 9.88 Å². The number of carbonyl (C=O) groups is 2. The van der Waals surface area contributed by atoms with E-state index in [9.17, 15) is 9.59 Å². The SMILES string of the molecule is CCc1cccc(N2C(=O)c3cc4ccc(OC)cc4n3CC2(C)C(=O)NC2CCCC2)c1. The summed E-state index contributed by atoms with van der Waals surface area (Å²) in [4.78, 5) is 29.5. The molecule has 1 fully saturated rings. The molecule has 1 aromatic heterocycles. The molecule has 33 heavy (non-hydrogen) atoms. The van der Waals surface area contributed by atoms with Gasteiger partial charge in [0.1, 0.15) is 17.0 Å². The van der Waals surface area contributed by atoms with E-state index >= 15 is 0 Å². The summed E-state index contributed by atoms with van der Waals surface area (Å²) in [6, 6.07) is 15.9. The molecule has 172 valence electrons. The van der Waals surface area contributed by atoms with Crippen LogP contribution in [0.15, 0.2) is 48.5 Å². The fourth-order valence-electron chi connectivity index (χ4n) is 5.33. The van der Waals surface area contributed by atoms with Crippen molar-refractivity contribution in [3.05, 3.63) is 59.8 Å². The van der Waals surface area contributed by atoms with Gasteiger partial charge in [0.2, 0.25) is 5.91 Å². The summed E-state index contributed by atoms with van der Waals surface area (Å²) in [6.07, 6.45) is 5.12. The maximum absolute atomic E-state index is 14.0. The number of benzene rings is 2. The molecule has 0 spiro atoms. The van der Waals surface area contributed by atoms with E-state index in [1.54, 1.807) is 12.0 Å². The first-order valence-electron chi connectivity index (χ1n) is 11.9. The van der Waals surface area contributed by atoms with Gasteiger partial charge in [0.15, 0.2) is 0 Å². The van der Waals surface area contributed by atoms with E-state index in [0.29, 0.717) is 12.2 Å². The van der Waals surface area contributed by atoms with Crippen LogP contribution in [0.25, 0.3) is 10.9 Å². The Morgan fingerprint density at radius 2 is 1.94 bits per heavy atom. The Kier molecular flexibility index (Phi) is 5.39. The highest BCUT2D eigenvalue weighted by molar-refractivity contribution is 6.14. The monoisotopic (exact) mass is 445 g/mol. The first-order chi connectivity index (χ1) is 15.9. The summed E-state index contributed by atoms with van der Waals surface area (Å²) in [7, 11) is 1.63. The van der Waals surface area contributed by atoms with Gasteiger partial charge in [-0.15, -0.1) is 0 Å². The summed E-state index contributed by atoms with van der Waals surface area (Å²) >= 11 is 0. The lowest BCUT2D eigenvalue weighted by atomic mass is 9.93. The highest BCUT2D eigenvalue weighted by atomic mass is 16.5. The van der Waals surface area contributed by atoms with Gasteiger partial charge in [-0.3, -0.25) is 14.5 Å². The molecule has 0 radical (unpaired) electrons. The molecule has 2 aromatic carbocycles. The zero-order chi connectivity index (χ0) is 23.2. The van der Waals surface area contributed by atoms with Crippen molar-refractivity contribution in [3.8, 4) is 5.75 Å². The second kappa shape index (κ2) is 8.25. The van der Waals surface area contributed by atoms with Crippen LogP contribution < -0.4 is 15.0 Å². The van der Waals surface area contributed by atoms with E-state index in [0.717, 1.165) is 60.0 Å². The zero-order valence-electron chi connectivity index (χ0n) is 19.6. The molecule has 5 rings (SSSR count). The van der Waals surface area contributed by atoms with Gasteiger partial charge in [-0.05, 0) is 62.1 Å². The van der Waals surface area contributed by atoms with Crippen molar-refractivity contribution in [3.63, 3.8) is 0 Å². The third-order valence-electron chi connectivity index (χ3n) is 7.25. The van der Waals surface area contributed by atoms with Crippen molar-refractivity contribution in [2.75, 3.05) is 12.0 Å². The summed E-state index contributed by atoms with van der Waals surface area (Å²) in [5, 5.41) is 4.22. The molecule has 6 heteroatoms. The van der Waals surface area contributed by atoms with Crippen LogP contribution in [0.1, 0.15) is 55.6 Å². The van der Waals surface area contributed by atoms with Gasteiger partial charge in [0, 0.05) is 23.2 Å². The summed E-state index contributed by atoms with van der Waals surface area (Å²) in [5.74, 6) is 0.472. The van der Waals surface area contributed by atoms with Gasteiger partial charge in [0.25, 0.3) is 5.91 Å². The maximum atomic E-state index is 14.0. The number of hydrogen-bond donors (Lipinski definition) is 1. The Balaban J connectivity index is 1.65. The average Bonchev–Trinajstić information content (AvgIpc) is 3.46. The van der Waals surface area contributed by atoms with Gasteiger partial charge >= 0.3 is 0 Å². The Labute approximate surface area is 194 Å². The van der Waals surface area contributed by atoms with Gasteiger partial charge in [-0.25, -0.2) is 0 Å². The summed E-state index contributed by atoms with van der Waals surface area (Å²) in [5.41, 5.74) is 2.33. The largest absolute Gasteiger partial charge is 0.497 e. The minimum atomic E-state index is -1.06. The van der Waals surface area contributed by atoms with E-state index < -0.39 is 5.54 Å². The molecule has 6 nitrogen and oxygen atoms in total. The van der Waals surface area contributed by atoms with E-state index in [2.05, 4.69) is 18.3 Å². The fourth-order valence-corrected chi connectivity index (χ4v) is 5.33. The Morgan fingerprint density at radius 1 is 1.15 bits per heavy atom. The molecular formula is C27H31N3O3. The van der Waals surface area contributed by atoms with Crippen molar-refractivity contribution >= 4 is 28.4 Å². The molecular weight excluding hydrogens is 414 g/mol. The van der Waals surface area contributed by atoms with Crippen LogP contribution in [0.3, 0.4) is 0 Å². The summed E-state index contributed by atoms with van der Waals surface area (Å²) < 4.78 is 7.41. The number of methoxy groups -OCH3 is 1. The number of rotatable bonds is 5. The fraction of sp³-hybridized carbons (Fsp3) is 0.407. The van der Waals surface area contributed by atoms with E-state index in [1.165, 1.54) is 0 Å². The number of nitrogens with zero attached hydrogens (tertiary/aromatic N) is 2. The lowest BCUT2D eigenvalue weighted by Crippen LogP contribution is -2.65. The highest BCUT2D eigenvalue weighted by Gasteiger charge is 2.49. The number of aromatic nitrogens is 1. The second-order valence-corrected chi connectivity index (χ2v) is 9.43. The smallest absolute Gasteiger partial charge is 0.275 e. The van der Waals surface area contributed by atoms with Crippen LogP contribution >= 0.6 is 0 Å². The highest BCUT2D eigenvalue weighted by Crippen LogP contribution is 2.37. The molecule has 0 saturated heterocycles. The topological polar surface area (TPSA) is 63.6 Å². The predicted octanol–water partition coefficient (Wildman–Crippen LogP) is 4.69. The molecule has 1 atom stereocenters. The third-order valence-corrected chi connectivity index (χ3v) is 7.25. The zero-order valence-corrected chi connectivity index (χ0v) is 19.6. The predicted molar refractivity (Wildman–Crippen MR) is 130 cm³/mol. The molecule has 0 bridgehead atoms. The maximum Gasteiger partial charge on any atom is 0.275 e. The van der Waals surface area contributed by atoms with Crippen LogP contribution in [-0.4, -0.2) is 35.1 Å². The van der Waals surface area contributed by atoms with Crippen LogP contribution in [-0.2, 0) is 17.8 Å². The van der Waals surface area contributed by atoms with Crippen LogP contribution in [0.2, 0.25) is 0 Å². The molecule has 3 aromatic rings. The number of hydrogen-bond acceptors (Lipinski definition) is 3. The van der Waals surface area contributed by atoms with E-state index in [1.807, 2.05) is 54.0 Å². The molecule has 2 heterocycles. The first-order valence-corrected chi connectivity index (χ1v) is 11.9. The lowest BCUT2D eigenvalue weighted by Gasteiger charge is -2.44. The Hall–Kier alpha value is -3.28. The number of anilines is 1. The first kappa shape index (κ1) is 21.6. The van der Waals surface area contributed by atoms with Crippen molar-refractivity contribution in [1.29, 1.82) is 0 Å². The molecule has 1 saturated carbocycles. The second-order valence-electron chi connectivity index (χ2n) is 9.43. The lowest BCUT2D eigenvalue weighted by molar-refractivity contribution is -0.127. The molecule has 1 aliphatic carbocycles. The minimum absolute atomic E-state index is 0.0972.